The zero-order chi connectivity index (χ0) is 12.1. The second kappa shape index (κ2) is 3.24. The van der Waals surface area contributed by atoms with E-state index in [0.29, 0.717) is 0 Å². The number of allylic oxidation sites excluding steroid dienone is 1. The molecule has 0 aromatic heterocycles. The van der Waals surface area contributed by atoms with Crippen LogP contribution in [-0.4, -0.2) is 14.2 Å². The minimum atomic E-state index is -3.13. The molecule has 0 aromatic carbocycles. The summed E-state index contributed by atoms with van der Waals surface area (Å²) in [7, 11) is -3.13. The fourth-order valence-electron chi connectivity index (χ4n) is 1.71. The molecule has 1 aliphatic heterocycles. The van der Waals surface area contributed by atoms with Gasteiger partial charge in [-0.3, -0.25) is 4.72 Å². The molecule has 0 unspecified atom stereocenters. The van der Waals surface area contributed by atoms with Crippen LogP contribution in [0.1, 0.15) is 41.5 Å². The Bertz CT molecular complexity index is 359. The number of rotatable bonds is 0. The first-order valence-electron chi connectivity index (χ1n) is 5.18. The summed E-state index contributed by atoms with van der Waals surface area (Å²) < 4.78 is 25.9. The van der Waals surface area contributed by atoms with Gasteiger partial charge in [-0.1, -0.05) is 41.5 Å². The zero-order valence-electron chi connectivity index (χ0n) is 10.4. The Morgan fingerprint density at radius 2 is 1.47 bits per heavy atom. The molecule has 1 aliphatic rings. The van der Waals surface area contributed by atoms with E-state index in [1.807, 2.05) is 20.8 Å². The van der Waals surface area contributed by atoms with Gasteiger partial charge in [0.2, 0.25) is 10.0 Å². The minimum Gasteiger partial charge on any atom is -0.287 e. The molecular formula is C11H21NO2S. The van der Waals surface area contributed by atoms with E-state index in [0.717, 1.165) is 11.3 Å². The lowest BCUT2D eigenvalue weighted by Crippen LogP contribution is -2.25. The third kappa shape index (κ3) is 2.74. The molecule has 0 aliphatic carbocycles. The lowest BCUT2D eigenvalue weighted by molar-refractivity contribution is 0.440. The van der Waals surface area contributed by atoms with E-state index in [1.165, 1.54) is 0 Å². The van der Waals surface area contributed by atoms with Crippen molar-refractivity contribution in [3.63, 3.8) is 0 Å². The van der Waals surface area contributed by atoms with E-state index >= 15 is 0 Å². The molecular weight excluding hydrogens is 210 g/mol. The van der Waals surface area contributed by atoms with Gasteiger partial charge < -0.3 is 0 Å². The molecule has 0 spiro atoms. The van der Waals surface area contributed by atoms with Crippen molar-refractivity contribution >= 4 is 10.0 Å². The maximum absolute atomic E-state index is 11.6. The average Bonchev–Trinajstić information content (AvgIpc) is 2.23. The van der Waals surface area contributed by atoms with Gasteiger partial charge in [-0.2, -0.15) is 0 Å². The van der Waals surface area contributed by atoms with Gasteiger partial charge in [0, 0.05) is 11.1 Å². The normalized spacial score (nSPS) is 21.7. The summed E-state index contributed by atoms with van der Waals surface area (Å²) in [6.45, 7) is 12.2. The summed E-state index contributed by atoms with van der Waals surface area (Å²) in [5.74, 6) is 0.142. The quantitative estimate of drug-likeness (QED) is 0.695. The van der Waals surface area contributed by atoms with Crippen LogP contribution in [-0.2, 0) is 10.0 Å². The van der Waals surface area contributed by atoms with Crippen molar-refractivity contribution in [2.24, 2.45) is 10.8 Å². The van der Waals surface area contributed by atoms with Crippen LogP contribution in [0.3, 0.4) is 0 Å². The van der Waals surface area contributed by atoms with E-state index in [-0.39, 0.29) is 16.6 Å². The van der Waals surface area contributed by atoms with Crippen molar-refractivity contribution in [2.75, 3.05) is 5.75 Å². The van der Waals surface area contributed by atoms with Gasteiger partial charge in [-0.15, -0.1) is 0 Å². The molecule has 1 heterocycles. The fourth-order valence-corrected chi connectivity index (χ4v) is 3.48. The Kier molecular flexibility index (Phi) is 2.71. The van der Waals surface area contributed by atoms with Crippen LogP contribution < -0.4 is 4.72 Å². The molecule has 1 N–H and O–H groups in total. The molecule has 1 rings (SSSR count). The van der Waals surface area contributed by atoms with E-state index in [1.54, 1.807) is 0 Å². The molecule has 0 saturated carbocycles. The molecule has 3 nitrogen and oxygen atoms in total. The molecule has 4 heteroatoms. The van der Waals surface area contributed by atoms with Crippen LogP contribution in [0.2, 0.25) is 0 Å². The van der Waals surface area contributed by atoms with Crippen molar-refractivity contribution in [3.05, 3.63) is 11.3 Å². The smallest absolute Gasteiger partial charge is 0.236 e. The predicted octanol–water partition coefficient (Wildman–Crippen LogP) is 2.27. The first-order chi connectivity index (χ1) is 6.43. The summed E-state index contributed by atoms with van der Waals surface area (Å²) in [5.41, 5.74) is 1.63. The summed E-state index contributed by atoms with van der Waals surface area (Å²) in [6.07, 6.45) is 0. The highest BCUT2D eigenvalue weighted by Gasteiger charge is 2.37. The predicted molar refractivity (Wildman–Crippen MR) is 62.9 cm³/mol. The highest BCUT2D eigenvalue weighted by atomic mass is 32.2. The van der Waals surface area contributed by atoms with Crippen molar-refractivity contribution in [2.45, 2.75) is 41.5 Å². The van der Waals surface area contributed by atoms with Crippen molar-refractivity contribution in [1.29, 1.82) is 0 Å². The van der Waals surface area contributed by atoms with Gasteiger partial charge in [0.05, 0.1) is 5.75 Å². The first-order valence-corrected chi connectivity index (χ1v) is 6.83. The molecule has 88 valence electrons. The summed E-state index contributed by atoms with van der Waals surface area (Å²) in [4.78, 5) is 0. The van der Waals surface area contributed by atoms with E-state index in [4.69, 9.17) is 0 Å². The molecule has 0 radical (unpaired) electrons. The Labute approximate surface area is 93.0 Å². The molecule has 15 heavy (non-hydrogen) atoms. The van der Waals surface area contributed by atoms with Crippen LogP contribution >= 0.6 is 0 Å². The number of hydrogen-bond donors (Lipinski definition) is 1. The van der Waals surface area contributed by atoms with Gasteiger partial charge >= 0.3 is 0 Å². The molecule has 0 bridgehead atoms. The Hall–Kier alpha value is -0.510. The van der Waals surface area contributed by atoms with Gasteiger partial charge in [0.1, 0.15) is 0 Å². The highest BCUT2D eigenvalue weighted by molar-refractivity contribution is 7.90. The Balaban J connectivity index is 3.28. The average molecular weight is 231 g/mol. The maximum Gasteiger partial charge on any atom is 0.236 e. The summed E-state index contributed by atoms with van der Waals surface area (Å²) in [6, 6.07) is 0. The van der Waals surface area contributed by atoms with Crippen LogP contribution in [0, 0.1) is 10.8 Å². The highest BCUT2D eigenvalue weighted by Crippen LogP contribution is 2.39. The number of nitrogens with one attached hydrogen (secondary N) is 1. The molecule has 0 saturated heterocycles. The first kappa shape index (κ1) is 12.6. The molecule has 0 atom stereocenters. The van der Waals surface area contributed by atoms with Crippen LogP contribution in [0.25, 0.3) is 0 Å². The van der Waals surface area contributed by atoms with Gasteiger partial charge in [0.25, 0.3) is 0 Å². The lowest BCUT2D eigenvalue weighted by Gasteiger charge is -2.27. The third-order valence-electron chi connectivity index (χ3n) is 2.55. The number of hydrogen-bond acceptors (Lipinski definition) is 2. The van der Waals surface area contributed by atoms with Crippen molar-refractivity contribution in [3.8, 4) is 0 Å². The van der Waals surface area contributed by atoms with Crippen molar-refractivity contribution < 1.29 is 8.42 Å². The summed E-state index contributed by atoms with van der Waals surface area (Å²) >= 11 is 0. The zero-order valence-corrected chi connectivity index (χ0v) is 11.2. The second-order valence-electron chi connectivity index (χ2n) is 6.21. The van der Waals surface area contributed by atoms with Crippen LogP contribution in [0.5, 0.6) is 0 Å². The molecule has 0 aromatic rings. The van der Waals surface area contributed by atoms with Crippen molar-refractivity contribution in [1.82, 2.24) is 4.72 Å². The minimum absolute atomic E-state index is 0.0980. The van der Waals surface area contributed by atoms with E-state index < -0.39 is 10.0 Å². The third-order valence-corrected chi connectivity index (χ3v) is 3.73. The van der Waals surface area contributed by atoms with E-state index in [9.17, 15) is 8.42 Å². The SMILES string of the molecule is CC(C)(C)C1=C(C(C)(C)C)NS(=O)(=O)C1. The van der Waals surface area contributed by atoms with Gasteiger partial charge in [-0.05, 0) is 11.0 Å². The lowest BCUT2D eigenvalue weighted by atomic mass is 9.79. The topological polar surface area (TPSA) is 46.2 Å². The second-order valence-corrected chi connectivity index (χ2v) is 7.94. The van der Waals surface area contributed by atoms with Crippen LogP contribution in [0.4, 0.5) is 0 Å². The largest absolute Gasteiger partial charge is 0.287 e. The van der Waals surface area contributed by atoms with Crippen LogP contribution in [0.15, 0.2) is 11.3 Å². The fraction of sp³-hybridized carbons (Fsp3) is 0.818. The number of sulfonamides is 1. The van der Waals surface area contributed by atoms with E-state index in [2.05, 4.69) is 25.5 Å². The monoisotopic (exact) mass is 231 g/mol. The van der Waals surface area contributed by atoms with Gasteiger partial charge in [0.15, 0.2) is 0 Å². The molecule has 0 amide bonds. The standard InChI is InChI=1S/C11H21NO2S/c1-10(2,3)8-7-15(13,14)12-9(8)11(4,5)6/h12H,7H2,1-6H3. The molecule has 0 fully saturated rings. The maximum atomic E-state index is 11.6. The summed E-state index contributed by atoms with van der Waals surface area (Å²) in [5, 5.41) is 0. The van der Waals surface area contributed by atoms with Gasteiger partial charge in [-0.25, -0.2) is 8.42 Å². The Morgan fingerprint density at radius 1 is 1.00 bits per heavy atom. The Morgan fingerprint density at radius 3 is 1.73 bits per heavy atom.